The summed E-state index contributed by atoms with van der Waals surface area (Å²) in [6.45, 7) is 3.09. The molecular weight excluding hydrogens is 440 g/mol. The van der Waals surface area contributed by atoms with Gasteiger partial charge in [-0.15, -0.1) is 11.3 Å². The molecule has 0 spiro atoms. The Morgan fingerprint density at radius 1 is 1.29 bits per heavy atom. The number of halogens is 1. The maximum atomic E-state index is 13.0. The number of carbonyl (C=O) groups excluding carboxylic acids is 2. The van der Waals surface area contributed by atoms with Gasteiger partial charge in [0.05, 0.1) is 29.4 Å². The van der Waals surface area contributed by atoms with Gasteiger partial charge in [-0.05, 0) is 43.5 Å². The Balaban J connectivity index is 1.64. The third-order valence-corrected chi connectivity index (χ3v) is 6.73. The number of aryl methyl sites for hydroxylation is 1. The maximum absolute atomic E-state index is 13.0. The second kappa shape index (κ2) is 8.68. The van der Waals surface area contributed by atoms with Crippen LogP contribution < -0.4 is 15.6 Å². The van der Waals surface area contributed by atoms with Gasteiger partial charge in [-0.1, -0.05) is 11.6 Å². The smallest absolute Gasteiger partial charge is 0.266 e. The van der Waals surface area contributed by atoms with E-state index in [1.165, 1.54) is 18.0 Å². The zero-order valence-electron chi connectivity index (χ0n) is 17.1. The van der Waals surface area contributed by atoms with E-state index in [-0.39, 0.29) is 23.9 Å². The normalized spacial score (nSPS) is 13.6. The number of methoxy groups -OCH3 is 1. The van der Waals surface area contributed by atoms with E-state index < -0.39 is 0 Å². The molecule has 31 heavy (non-hydrogen) atoms. The van der Waals surface area contributed by atoms with Crippen molar-refractivity contribution in [1.82, 2.24) is 14.5 Å². The van der Waals surface area contributed by atoms with Crippen LogP contribution in [-0.2, 0) is 11.3 Å². The number of nitrogens with zero attached hydrogens (tertiary/aromatic N) is 3. The van der Waals surface area contributed by atoms with Crippen molar-refractivity contribution in [3.8, 4) is 5.75 Å². The van der Waals surface area contributed by atoms with E-state index in [2.05, 4.69) is 10.3 Å². The Morgan fingerprint density at radius 2 is 2.03 bits per heavy atom. The molecule has 4 rings (SSSR count). The molecule has 0 aliphatic carbocycles. The first kappa shape index (κ1) is 21.3. The van der Waals surface area contributed by atoms with E-state index in [0.717, 1.165) is 37.3 Å². The number of hydrogen-bond donors (Lipinski definition) is 1. The minimum atomic E-state index is -0.389. The number of anilines is 1. The predicted molar refractivity (Wildman–Crippen MR) is 120 cm³/mol. The third kappa shape index (κ3) is 4.15. The Labute approximate surface area is 187 Å². The van der Waals surface area contributed by atoms with Crippen LogP contribution in [0.15, 0.2) is 29.3 Å². The van der Waals surface area contributed by atoms with E-state index in [9.17, 15) is 14.4 Å². The van der Waals surface area contributed by atoms with Gasteiger partial charge in [-0.3, -0.25) is 19.0 Å². The largest absolute Gasteiger partial charge is 0.495 e. The number of ether oxygens (including phenoxy) is 1. The van der Waals surface area contributed by atoms with Crippen LogP contribution in [0.4, 0.5) is 5.69 Å². The van der Waals surface area contributed by atoms with Crippen molar-refractivity contribution in [2.24, 2.45) is 0 Å². The van der Waals surface area contributed by atoms with Crippen LogP contribution in [0.25, 0.3) is 10.2 Å². The minimum absolute atomic E-state index is 0.0572. The molecule has 162 valence electrons. The van der Waals surface area contributed by atoms with E-state index >= 15 is 0 Å². The Morgan fingerprint density at radius 3 is 2.74 bits per heavy atom. The minimum Gasteiger partial charge on any atom is -0.495 e. The van der Waals surface area contributed by atoms with Crippen LogP contribution in [0.2, 0.25) is 5.02 Å². The van der Waals surface area contributed by atoms with Gasteiger partial charge in [0.25, 0.3) is 11.5 Å². The first-order valence-electron chi connectivity index (χ1n) is 9.80. The molecule has 0 unspecified atom stereocenters. The van der Waals surface area contributed by atoms with E-state index in [4.69, 9.17) is 16.3 Å². The fourth-order valence-corrected chi connectivity index (χ4v) is 4.86. The number of thiophene rings is 1. The lowest BCUT2D eigenvalue weighted by Gasteiger charge is -2.15. The highest BCUT2D eigenvalue weighted by Crippen LogP contribution is 2.31. The van der Waals surface area contributed by atoms with Crippen molar-refractivity contribution in [2.45, 2.75) is 26.3 Å². The molecular formula is C21H21ClN4O4S. The summed E-state index contributed by atoms with van der Waals surface area (Å²) < 4.78 is 6.58. The van der Waals surface area contributed by atoms with Gasteiger partial charge in [-0.2, -0.15) is 0 Å². The van der Waals surface area contributed by atoms with Crippen LogP contribution in [0.1, 0.15) is 28.1 Å². The number of rotatable bonds is 5. The molecule has 8 nitrogen and oxygen atoms in total. The molecule has 2 aromatic heterocycles. The molecule has 10 heteroatoms. The number of likely N-dealkylation sites (tertiary alicyclic amines) is 1. The summed E-state index contributed by atoms with van der Waals surface area (Å²) >= 11 is 7.17. The predicted octanol–water partition coefficient (Wildman–Crippen LogP) is 3.30. The van der Waals surface area contributed by atoms with Crippen molar-refractivity contribution < 1.29 is 14.3 Å². The molecule has 0 saturated carbocycles. The lowest BCUT2D eigenvalue weighted by atomic mass is 10.2. The summed E-state index contributed by atoms with van der Waals surface area (Å²) in [5, 5.41) is 3.60. The molecule has 3 heterocycles. The zero-order valence-corrected chi connectivity index (χ0v) is 18.7. The molecule has 3 aromatic rings. The van der Waals surface area contributed by atoms with Gasteiger partial charge in [-0.25, -0.2) is 4.98 Å². The maximum Gasteiger partial charge on any atom is 0.266 e. The SMILES string of the molecule is COc1ccc(Cl)cc1NC(=O)c1sc2ncn(CC(=O)N3CCCC3)c(=O)c2c1C. The second-order valence-electron chi connectivity index (χ2n) is 7.30. The first-order chi connectivity index (χ1) is 14.9. The highest BCUT2D eigenvalue weighted by molar-refractivity contribution is 7.20. The number of hydrogen-bond acceptors (Lipinski definition) is 6. The van der Waals surface area contributed by atoms with Gasteiger partial charge >= 0.3 is 0 Å². The average molecular weight is 461 g/mol. The summed E-state index contributed by atoms with van der Waals surface area (Å²) in [6, 6.07) is 4.92. The Bertz CT molecular complexity index is 1230. The second-order valence-corrected chi connectivity index (χ2v) is 8.74. The van der Waals surface area contributed by atoms with E-state index in [1.54, 1.807) is 30.0 Å². The monoisotopic (exact) mass is 460 g/mol. The highest BCUT2D eigenvalue weighted by atomic mass is 35.5. The van der Waals surface area contributed by atoms with Gasteiger partial charge in [0, 0.05) is 18.1 Å². The number of aromatic nitrogens is 2. The number of nitrogens with one attached hydrogen (secondary N) is 1. The Hall–Kier alpha value is -2.91. The quantitative estimate of drug-likeness (QED) is 0.630. The lowest BCUT2D eigenvalue weighted by Crippen LogP contribution is -2.34. The van der Waals surface area contributed by atoms with Gasteiger partial charge in [0.2, 0.25) is 5.91 Å². The molecule has 0 radical (unpaired) electrons. The van der Waals surface area contributed by atoms with Crippen molar-refractivity contribution in [1.29, 1.82) is 0 Å². The fraction of sp³-hybridized carbons (Fsp3) is 0.333. The highest BCUT2D eigenvalue weighted by Gasteiger charge is 2.23. The van der Waals surface area contributed by atoms with Gasteiger partial charge in [0.1, 0.15) is 17.1 Å². The standard InChI is InChI=1S/C21H21ClN4O4S/c1-12-17-20(23-11-26(21(17)29)10-16(27)25-7-3-4-8-25)31-18(12)19(28)24-14-9-13(22)5-6-15(14)30-2/h5-6,9,11H,3-4,7-8,10H2,1-2H3,(H,24,28). The summed E-state index contributed by atoms with van der Waals surface area (Å²) in [7, 11) is 1.50. The molecule has 0 bridgehead atoms. The summed E-state index contributed by atoms with van der Waals surface area (Å²) in [6.07, 6.45) is 3.34. The lowest BCUT2D eigenvalue weighted by molar-refractivity contribution is -0.130. The van der Waals surface area contributed by atoms with Crippen LogP contribution in [0.3, 0.4) is 0 Å². The van der Waals surface area contributed by atoms with Crippen molar-refractivity contribution in [2.75, 3.05) is 25.5 Å². The molecule has 1 aliphatic heterocycles. The molecule has 1 saturated heterocycles. The molecule has 1 fully saturated rings. The summed E-state index contributed by atoms with van der Waals surface area (Å²) in [5.74, 6) is -0.0165. The van der Waals surface area contributed by atoms with E-state index in [0.29, 0.717) is 37.1 Å². The van der Waals surface area contributed by atoms with E-state index in [1.807, 2.05) is 0 Å². The van der Waals surface area contributed by atoms with Crippen LogP contribution in [-0.4, -0.2) is 46.5 Å². The third-order valence-electron chi connectivity index (χ3n) is 5.30. The van der Waals surface area contributed by atoms with Crippen molar-refractivity contribution >= 4 is 50.7 Å². The van der Waals surface area contributed by atoms with Crippen LogP contribution >= 0.6 is 22.9 Å². The first-order valence-corrected chi connectivity index (χ1v) is 11.0. The number of amides is 2. The molecule has 1 aromatic carbocycles. The van der Waals surface area contributed by atoms with Crippen molar-refractivity contribution in [3.05, 3.63) is 50.3 Å². The number of benzene rings is 1. The fourth-order valence-electron chi connectivity index (χ4n) is 3.66. The van der Waals surface area contributed by atoms with Gasteiger partial charge < -0.3 is 15.0 Å². The van der Waals surface area contributed by atoms with Crippen molar-refractivity contribution in [3.63, 3.8) is 0 Å². The molecule has 1 aliphatic rings. The van der Waals surface area contributed by atoms with Crippen LogP contribution in [0.5, 0.6) is 5.75 Å². The summed E-state index contributed by atoms with van der Waals surface area (Å²) in [4.78, 5) is 45.3. The topological polar surface area (TPSA) is 93.5 Å². The summed E-state index contributed by atoms with van der Waals surface area (Å²) in [5.41, 5.74) is 0.628. The van der Waals surface area contributed by atoms with Gasteiger partial charge in [0.15, 0.2) is 0 Å². The zero-order chi connectivity index (χ0) is 22.1. The molecule has 0 atom stereocenters. The van der Waals surface area contributed by atoms with Crippen LogP contribution in [0, 0.1) is 6.92 Å². The number of fused-ring (bicyclic) bond motifs is 1. The molecule has 2 amide bonds. The Kier molecular flexibility index (Phi) is 5.97. The average Bonchev–Trinajstić information content (AvgIpc) is 3.39. The molecule has 1 N–H and O–H groups in total. The number of carbonyl (C=O) groups is 2.